The minimum Gasteiger partial charge on any atom is -0.496 e. The number of carbonyl (C=O) groups excluding carboxylic acids is 1. The molecule has 2 heterocycles. The molecule has 40 heavy (non-hydrogen) atoms. The van der Waals surface area contributed by atoms with Crippen molar-refractivity contribution in [1.29, 1.82) is 0 Å². The molecule has 4 aromatic rings. The molecule has 0 aliphatic carbocycles. The molecule has 206 valence electrons. The van der Waals surface area contributed by atoms with Crippen LogP contribution in [0.25, 0.3) is 16.8 Å². The number of carbonyl (C=O) groups is 1. The van der Waals surface area contributed by atoms with Crippen LogP contribution in [0.1, 0.15) is 49.4 Å². The van der Waals surface area contributed by atoms with Gasteiger partial charge in [-0.2, -0.15) is 0 Å². The number of aromatic nitrogens is 1. The SMILES string of the molecule is COCCOC(=O)C1=C(C)N=c2sc(=Cc3c(OC)ccc4ccccc34)c(=O)n2C1c1ccc(C(C)C)cc1. The van der Waals surface area contributed by atoms with Gasteiger partial charge in [0.15, 0.2) is 4.80 Å². The Morgan fingerprint density at radius 1 is 1.05 bits per heavy atom. The lowest BCUT2D eigenvalue weighted by Gasteiger charge is -2.25. The van der Waals surface area contributed by atoms with Crippen LogP contribution >= 0.6 is 11.3 Å². The van der Waals surface area contributed by atoms with Crippen molar-refractivity contribution in [1.82, 2.24) is 4.57 Å². The van der Waals surface area contributed by atoms with Gasteiger partial charge in [-0.3, -0.25) is 9.36 Å². The maximum absolute atomic E-state index is 14.1. The van der Waals surface area contributed by atoms with Crippen LogP contribution in [0.5, 0.6) is 5.75 Å². The molecule has 8 heteroatoms. The summed E-state index contributed by atoms with van der Waals surface area (Å²) >= 11 is 1.30. The van der Waals surface area contributed by atoms with E-state index in [4.69, 9.17) is 19.2 Å². The molecule has 0 spiro atoms. The number of thiazole rings is 1. The first-order chi connectivity index (χ1) is 19.3. The lowest BCUT2D eigenvalue weighted by molar-refractivity contribution is -0.140. The zero-order valence-electron chi connectivity index (χ0n) is 23.3. The van der Waals surface area contributed by atoms with Crippen LogP contribution in [0.3, 0.4) is 0 Å². The smallest absolute Gasteiger partial charge is 0.338 e. The van der Waals surface area contributed by atoms with Crippen LogP contribution in [0.15, 0.2) is 81.7 Å². The molecule has 5 rings (SSSR count). The largest absolute Gasteiger partial charge is 0.496 e. The number of ether oxygens (including phenoxy) is 3. The number of hydrogen-bond acceptors (Lipinski definition) is 7. The van der Waals surface area contributed by atoms with Gasteiger partial charge in [-0.15, -0.1) is 0 Å². The third-order valence-electron chi connectivity index (χ3n) is 7.11. The van der Waals surface area contributed by atoms with Crippen LogP contribution in [-0.2, 0) is 14.3 Å². The van der Waals surface area contributed by atoms with E-state index >= 15 is 0 Å². The van der Waals surface area contributed by atoms with Crippen molar-refractivity contribution in [2.45, 2.75) is 32.7 Å². The Hall–Kier alpha value is -4.01. The first-order valence-corrected chi connectivity index (χ1v) is 14.0. The third kappa shape index (κ3) is 5.12. The summed E-state index contributed by atoms with van der Waals surface area (Å²) in [7, 11) is 3.17. The van der Waals surface area contributed by atoms with Gasteiger partial charge in [-0.05, 0) is 46.9 Å². The van der Waals surface area contributed by atoms with Gasteiger partial charge in [0.05, 0.1) is 35.6 Å². The number of fused-ring (bicyclic) bond motifs is 2. The first kappa shape index (κ1) is 27.6. The molecular weight excluding hydrogens is 524 g/mol. The van der Waals surface area contributed by atoms with E-state index in [1.165, 1.54) is 16.9 Å². The molecule has 3 aromatic carbocycles. The topological polar surface area (TPSA) is 79.1 Å². The van der Waals surface area contributed by atoms with Gasteiger partial charge in [0.1, 0.15) is 12.4 Å². The Bertz CT molecular complexity index is 1780. The molecule has 0 fully saturated rings. The highest BCUT2D eigenvalue weighted by Crippen LogP contribution is 2.32. The van der Waals surface area contributed by atoms with Crippen molar-refractivity contribution in [2.24, 2.45) is 4.99 Å². The molecule has 1 aliphatic heterocycles. The third-order valence-corrected chi connectivity index (χ3v) is 8.09. The van der Waals surface area contributed by atoms with Crippen molar-refractivity contribution in [2.75, 3.05) is 27.4 Å². The number of benzene rings is 3. The van der Waals surface area contributed by atoms with E-state index in [9.17, 15) is 9.59 Å². The second kappa shape index (κ2) is 11.6. The van der Waals surface area contributed by atoms with Crippen molar-refractivity contribution >= 4 is 34.2 Å². The maximum Gasteiger partial charge on any atom is 0.338 e. The molecule has 1 aromatic heterocycles. The molecule has 1 aliphatic rings. The van der Waals surface area contributed by atoms with E-state index in [2.05, 4.69) is 13.8 Å². The summed E-state index contributed by atoms with van der Waals surface area (Å²) in [5, 5.41) is 2.02. The summed E-state index contributed by atoms with van der Waals surface area (Å²) in [6.07, 6.45) is 1.86. The van der Waals surface area contributed by atoms with Gasteiger partial charge in [0.25, 0.3) is 5.56 Å². The van der Waals surface area contributed by atoms with E-state index in [0.717, 1.165) is 21.9 Å². The predicted octanol–water partition coefficient (Wildman–Crippen LogP) is 4.71. The Balaban J connectivity index is 1.72. The van der Waals surface area contributed by atoms with Crippen molar-refractivity contribution < 1.29 is 19.0 Å². The molecule has 0 N–H and O–H groups in total. The number of nitrogens with zero attached hydrogens (tertiary/aromatic N) is 2. The van der Waals surface area contributed by atoms with E-state index in [-0.39, 0.29) is 18.8 Å². The number of rotatable bonds is 8. The Labute approximate surface area is 236 Å². The lowest BCUT2D eigenvalue weighted by atomic mass is 9.93. The monoisotopic (exact) mass is 556 g/mol. The van der Waals surface area contributed by atoms with E-state index in [1.807, 2.05) is 66.7 Å². The quantitative estimate of drug-likeness (QED) is 0.232. The van der Waals surface area contributed by atoms with Crippen LogP contribution in [0, 0.1) is 0 Å². The number of allylic oxidation sites excluding steroid dienone is 1. The van der Waals surface area contributed by atoms with Crippen LogP contribution in [0.4, 0.5) is 0 Å². The second-order valence-corrected chi connectivity index (χ2v) is 10.9. The summed E-state index contributed by atoms with van der Waals surface area (Å²) in [6.45, 7) is 6.42. The summed E-state index contributed by atoms with van der Waals surface area (Å²) in [5.74, 6) is 0.507. The molecule has 0 saturated carbocycles. The Morgan fingerprint density at radius 2 is 1.80 bits per heavy atom. The maximum atomic E-state index is 14.1. The van der Waals surface area contributed by atoms with Crippen LogP contribution in [0.2, 0.25) is 0 Å². The summed E-state index contributed by atoms with van der Waals surface area (Å²) in [5.41, 5.74) is 3.44. The standard InChI is InChI=1S/C32H32N2O5S/c1-19(2)21-10-12-23(13-11-21)29-28(31(36)39-17-16-37-4)20(3)33-32-34(29)30(35)27(40-32)18-25-24-9-7-6-8-22(24)14-15-26(25)38-5/h6-15,18-19,29H,16-17H2,1-5H3. The molecular formula is C32H32N2O5S. The van der Waals surface area contributed by atoms with Gasteiger partial charge in [0, 0.05) is 12.7 Å². The first-order valence-electron chi connectivity index (χ1n) is 13.2. The summed E-state index contributed by atoms with van der Waals surface area (Å²) in [6, 6.07) is 19.3. The zero-order valence-corrected chi connectivity index (χ0v) is 24.1. The van der Waals surface area contributed by atoms with Crippen LogP contribution < -0.4 is 19.6 Å². The molecule has 1 unspecified atom stereocenters. The van der Waals surface area contributed by atoms with Crippen LogP contribution in [-0.4, -0.2) is 38.0 Å². The van der Waals surface area contributed by atoms with Gasteiger partial charge < -0.3 is 14.2 Å². The van der Waals surface area contributed by atoms with Gasteiger partial charge in [0.2, 0.25) is 0 Å². The molecule has 7 nitrogen and oxygen atoms in total. The van der Waals surface area contributed by atoms with Crippen molar-refractivity contribution in [3.8, 4) is 5.75 Å². The zero-order chi connectivity index (χ0) is 28.4. The van der Waals surface area contributed by atoms with E-state index in [1.54, 1.807) is 25.7 Å². The van der Waals surface area contributed by atoms with E-state index < -0.39 is 12.0 Å². The molecule has 0 radical (unpaired) electrons. The molecule has 0 saturated heterocycles. The fourth-order valence-corrected chi connectivity index (χ4v) is 6.02. The summed E-state index contributed by atoms with van der Waals surface area (Å²) < 4.78 is 18.3. The highest BCUT2D eigenvalue weighted by Gasteiger charge is 2.33. The minimum atomic E-state index is -0.677. The molecule has 1 atom stereocenters. The second-order valence-electron chi connectivity index (χ2n) is 9.93. The number of hydrogen-bond donors (Lipinski definition) is 0. The fourth-order valence-electron chi connectivity index (χ4n) is 4.99. The number of methoxy groups -OCH3 is 2. The average molecular weight is 557 g/mol. The Morgan fingerprint density at radius 3 is 2.50 bits per heavy atom. The minimum absolute atomic E-state index is 0.108. The highest BCUT2D eigenvalue weighted by atomic mass is 32.1. The molecule has 0 amide bonds. The fraction of sp³-hybridized carbons (Fsp3) is 0.281. The normalized spacial score (nSPS) is 15.3. The highest BCUT2D eigenvalue weighted by molar-refractivity contribution is 7.07. The van der Waals surface area contributed by atoms with Gasteiger partial charge in [-0.1, -0.05) is 79.8 Å². The van der Waals surface area contributed by atoms with Gasteiger partial charge in [-0.25, -0.2) is 9.79 Å². The van der Waals surface area contributed by atoms with Crippen molar-refractivity contribution in [3.63, 3.8) is 0 Å². The van der Waals surface area contributed by atoms with E-state index in [0.29, 0.717) is 32.3 Å². The Kier molecular flexibility index (Phi) is 8.00. The number of esters is 1. The lowest BCUT2D eigenvalue weighted by Crippen LogP contribution is -2.40. The van der Waals surface area contributed by atoms with Crippen molar-refractivity contribution in [3.05, 3.63) is 108 Å². The summed E-state index contributed by atoms with van der Waals surface area (Å²) in [4.78, 5) is 32.7. The predicted molar refractivity (Wildman–Crippen MR) is 158 cm³/mol. The molecule has 0 bridgehead atoms. The van der Waals surface area contributed by atoms with Gasteiger partial charge >= 0.3 is 5.97 Å². The average Bonchev–Trinajstić information content (AvgIpc) is 3.26.